The maximum atomic E-state index is 12.0. The molecule has 0 fully saturated rings. The highest BCUT2D eigenvalue weighted by atomic mass is 32.1. The van der Waals surface area contributed by atoms with Crippen LogP contribution in [-0.4, -0.2) is 34.0 Å². The minimum atomic E-state index is -1.08. The van der Waals surface area contributed by atoms with E-state index in [4.69, 9.17) is 5.11 Å². The third-order valence-electron chi connectivity index (χ3n) is 2.58. The molecule has 7 heteroatoms. The zero-order chi connectivity index (χ0) is 14.5. The van der Waals surface area contributed by atoms with Crippen molar-refractivity contribution in [2.75, 3.05) is 12.4 Å². The van der Waals surface area contributed by atoms with Crippen molar-refractivity contribution in [1.82, 2.24) is 9.88 Å². The van der Waals surface area contributed by atoms with E-state index in [0.717, 1.165) is 5.56 Å². The Hall–Kier alpha value is -2.41. The number of carbonyl (C=O) groups excluding carboxylic acids is 1. The standard InChI is InChI=1S/C13H13N3O3S/c1-16(7-9-2-3-20-8-9)13(19)15-11-4-10(12(17)18)5-14-6-11/h2-6,8H,7H2,1H3,(H,15,19)(H,17,18). The van der Waals surface area contributed by atoms with Crippen molar-refractivity contribution in [2.45, 2.75) is 6.54 Å². The van der Waals surface area contributed by atoms with Crippen LogP contribution < -0.4 is 5.32 Å². The van der Waals surface area contributed by atoms with Gasteiger partial charge in [-0.3, -0.25) is 4.98 Å². The number of carboxylic acids is 1. The second-order valence-corrected chi connectivity index (χ2v) is 4.97. The molecule has 0 atom stereocenters. The van der Waals surface area contributed by atoms with E-state index in [1.54, 1.807) is 18.4 Å². The molecule has 0 aliphatic carbocycles. The number of amides is 2. The van der Waals surface area contributed by atoms with Gasteiger partial charge in [-0.2, -0.15) is 11.3 Å². The van der Waals surface area contributed by atoms with E-state index in [0.29, 0.717) is 12.2 Å². The Labute approximate surface area is 119 Å². The highest BCUT2D eigenvalue weighted by molar-refractivity contribution is 7.07. The molecule has 0 aromatic carbocycles. The molecule has 0 aliphatic rings. The molecule has 0 saturated carbocycles. The van der Waals surface area contributed by atoms with Gasteiger partial charge < -0.3 is 15.3 Å². The number of anilines is 1. The van der Waals surface area contributed by atoms with Gasteiger partial charge in [0.25, 0.3) is 0 Å². The van der Waals surface area contributed by atoms with Crippen LogP contribution in [0.4, 0.5) is 10.5 Å². The van der Waals surface area contributed by atoms with Gasteiger partial charge in [0, 0.05) is 19.8 Å². The van der Waals surface area contributed by atoms with Gasteiger partial charge in [-0.15, -0.1) is 0 Å². The molecule has 0 unspecified atom stereocenters. The summed E-state index contributed by atoms with van der Waals surface area (Å²) in [5.74, 6) is -1.08. The lowest BCUT2D eigenvalue weighted by Gasteiger charge is -2.17. The largest absolute Gasteiger partial charge is 0.478 e. The summed E-state index contributed by atoms with van der Waals surface area (Å²) < 4.78 is 0. The number of urea groups is 1. The summed E-state index contributed by atoms with van der Waals surface area (Å²) in [5, 5.41) is 15.4. The van der Waals surface area contributed by atoms with E-state index in [-0.39, 0.29) is 11.6 Å². The third-order valence-corrected chi connectivity index (χ3v) is 3.32. The predicted molar refractivity (Wildman–Crippen MR) is 76.0 cm³/mol. The van der Waals surface area contributed by atoms with E-state index in [1.165, 1.54) is 23.4 Å². The Balaban J connectivity index is 2.00. The summed E-state index contributed by atoms with van der Waals surface area (Å²) in [5.41, 5.74) is 1.43. The molecule has 0 aliphatic heterocycles. The molecule has 0 radical (unpaired) electrons. The first-order chi connectivity index (χ1) is 9.56. The van der Waals surface area contributed by atoms with Crippen molar-refractivity contribution in [1.29, 1.82) is 0 Å². The van der Waals surface area contributed by atoms with E-state index < -0.39 is 5.97 Å². The zero-order valence-electron chi connectivity index (χ0n) is 10.7. The third kappa shape index (κ3) is 3.55. The first kappa shape index (κ1) is 14.0. The average molecular weight is 291 g/mol. The summed E-state index contributed by atoms with van der Waals surface area (Å²) in [6, 6.07) is 2.99. The lowest BCUT2D eigenvalue weighted by molar-refractivity contribution is 0.0696. The molecule has 0 spiro atoms. The molecule has 6 nitrogen and oxygen atoms in total. The minimum Gasteiger partial charge on any atom is -0.478 e. The number of carboxylic acid groups (broad SMARTS) is 1. The van der Waals surface area contributed by atoms with Crippen LogP contribution in [-0.2, 0) is 6.54 Å². The highest BCUT2D eigenvalue weighted by Crippen LogP contribution is 2.12. The quantitative estimate of drug-likeness (QED) is 0.906. The minimum absolute atomic E-state index is 0.0308. The van der Waals surface area contributed by atoms with Crippen LogP contribution in [0.15, 0.2) is 35.3 Å². The number of hydrogen-bond donors (Lipinski definition) is 2. The summed E-state index contributed by atoms with van der Waals surface area (Å²) in [6.07, 6.45) is 2.63. The summed E-state index contributed by atoms with van der Waals surface area (Å²) in [6.45, 7) is 0.487. The smallest absolute Gasteiger partial charge is 0.337 e. The fourth-order valence-corrected chi connectivity index (χ4v) is 2.23. The topological polar surface area (TPSA) is 82.5 Å². The fourth-order valence-electron chi connectivity index (χ4n) is 1.57. The number of nitrogens with one attached hydrogen (secondary N) is 1. The second kappa shape index (κ2) is 6.16. The van der Waals surface area contributed by atoms with Crippen LogP contribution in [0.5, 0.6) is 0 Å². The van der Waals surface area contributed by atoms with Crippen molar-refractivity contribution in [2.24, 2.45) is 0 Å². The van der Waals surface area contributed by atoms with E-state index in [9.17, 15) is 9.59 Å². The molecule has 0 saturated heterocycles. The van der Waals surface area contributed by atoms with Crippen LogP contribution in [0, 0.1) is 0 Å². The molecule has 2 aromatic rings. The lowest BCUT2D eigenvalue weighted by atomic mass is 10.2. The first-order valence-electron chi connectivity index (χ1n) is 5.78. The molecule has 2 N–H and O–H groups in total. The van der Waals surface area contributed by atoms with Crippen molar-refractivity contribution >= 4 is 29.0 Å². The Morgan fingerprint density at radius 2 is 2.25 bits per heavy atom. The van der Waals surface area contributed by atoms with E-state index in [2.05, 4.69) is 10.3 Å². The Kier molecular flexibility index (Phi) is 4.31. The van der Waals surface area contributed by atoms with Crippen molar-refractivity contribution < 1.29 is 14.7 Å². The number of nitrogens with zero attached hydrogens (tertiary/aromatic N) is 2. The molecule has 2 amide bonds. The molecular formula is C13H13N3O3S. The maximum Gasteiger partial charge on any atom is 0.337 e. The van der Waals surface area contributed by atoms with Gasteiger partial charge in [-0.05, 0) is 28.5 Å². The molecule has 2 rings (SSSR count). The number of pyridine rings is 1. The second-order valence-electron chi connectivity index (χ2n) is 4.19. The number of aromatic carboxylic acids is 1. The zero-order valence-corrected chi connectivity index (χ0v) is 11.6. The molecule has 2 heterocycles. The van der Waals surface area contributed by atoms with Gasteiger partial charge >= 0.3 is 12.0 Å². The molecular weight excluding hydrogens is 278 g/mol. The molecule has 104 valence electrons. The first-order valence-corrected chi connectivity index (χ1v) is 6.72. The summed E-state index contributed by atoms with van der Waals surface area (Å²) in [7, 11) is 1.67. The van der Waals surface area contributed by atoms with Gasteiger partial charge in [-0.1, -0.05) is 0 Å². The van der Waals surface area contributed by atoms with Crippen molar-refractivity contribution in [3.63, 3.8) is 0 Å². The maximum absolute atomic E-state index is 12.0. The number of thiophene rings is 1. The predicted octanol–water partition coefficient (Wildman–Crippen LogP) is 2.51. The van der Waals surface area contributed by atoms with Crippen LogP contribution in [0.3, 0.4) is 0 Å². The van der Waals surface area contributed by atoms with Gasteiger partial charge in [0.15, 0.2) is 0 Å². The van der Waals surface area contributed by atoms with E-state index >= 15 is 0 Å². The van der Waals surface area contributed by atoms with Crippen molar-refractivity contribution in [3.8, 4) is 0 Å². The Morgan fingerprint density at radius 1 is 1.45 bits per heavy atom. The Morgan fingerprint density at radius 3 is 2.90 bits per heavy atom. The monoisotopic (exact) mass is 291 g/mol. The summed E-state index contributed by atoms with van der Waals surface area (Å²) in [4.78, 5) is 28.1. The van der Waals surface area contributed by atoms with Crippen molar-refractivity contribution in [3.05, 3.63) is 46.4 Å². The normalized spacial score (nSPS) is 10.1. The lowest BCUT2D eigenvalue weighted by Crippen LogP contribution is -2.30. The highest BCUT2D eigenvalue weighted by Gasteiger charge is 2.11. The molecule has 20 heavy (non-hydrogen) atoms. The number of rotatable bonds is 4. The van der Waals surface area contributed by atoms with Gasteiger partial charge in [0.05, 0.1) is 17.4 Å². The number of hydrogen-bond acceptors (Lipinski definition) is 4. The molecule has 0 bridgehead atoms. The van der Waals surface area contributed by atoms with E-state index in [1.807, 2.05) is 16.8 Å². The summed E-state index contributed by atoms with van der Waals surface area (Å²) >= 11 is 1.57. The van der Waals surface area contributed by atoms with Crippen LogP contribution in [0.25, 0.3) is 0 Å². The van der Waals surface area contributed by atoms with Crippen LogP contribution in [0.2, 0.25) is 0 Å². The SMILES string of the molecule is CN(Cc1ccsc1)C(=O)Nc1cncc(C(=O)O)c1. The molecule has 2 aromatic heterocycles. The van der Waals surface area contributed by atoms with Gasteiger partial charge in [0.2, 0.25) is 0 Å². The Bertz CT molecular complexity index is 613. The fraction of sp³-hybridized carbons (Fsp3) is 0.154. The van der Waals surface area contributed by atoms with Gasteiger partial charge in [0.1, 0.15) is 0 Å². The van der Waals surface area contributed by atoms with Crippen LogP contribution in [0.1, 0.15) is 15.9 Å². The van der Waals surface area contributed by atoms with Crippen LogP contribution >= 0.6 is 11.3 Å². The van der Waals surface area contributed by atoms with Gasteiger partial charge in [-0.25, -0.2) is 9.59 Å². The number of aromatic nitrogens is 1. The average Bonchev–Trinajstić information content (AvgIpc) is 2.91. The number of carbonyl (C=O) groups is 2.